The summed E-state index contributed by atoms with van der Waals surface area (Å²) in [6, 6.07) is 27.0. The largest absolute Gasteiger partial charge is 0.494 e. The molecule has 4 nitrogen and oxygen atoms in total. The molecular weight excluding hydrogens is 336 g/mol. The van der Waals surface area contributed by atoms with Gasteiger partial charge in [-0.05, 0) is 35.7 Å². The first-order chi connectivity index (χ1) is 13.3. The molecule has 0 atom stereocenters. The second kappa shape index (κ2) is 9.34. The lowest BCUT2D eigenvalue weighted by atomic mass is 9.91. The number of benzene rings is 3. The van der Waals surface area contributed by atoms with E-state index in [-0.39, 0.29) is 5.91 Å². The maximum Gasteiger partial charge on any atom is 0.252 e. The first kappa shape index (κ1) is 18.4. The lowest BCUT2D eigenvalue weighted by Crippen LogP contribution is -2.26. The number of hydrazone groups is 1. The summed E-state index contributed by atoms with van der Waals surface area (Å²) in [5.74, 6) is 0.183. The highest BCUT2D eigenvalue weighted by atomic mass is 16.5. The van der Waals surface area contributed by atoms with E-state index in [2.05, 4.69) is 10.5 Å². The van der Waals surface area contributed by atoms with Gasteiger partial charge in [0.2, 0.25) is 0 Å². The fraction of sp³-hybridized carbons (Fsp3) is 0.130. The monoisotopic (exact) mass is 358 g/mol. The Morgan fingerprint density at radius 2 is 1.59 bits per heavy atom. The van der Waals surface area contributed by atoms with Crippen molar-refractivity contribution in [1.82, 2.24) is 5.43 Å². The fourth-order valence-electron chi connectivity index (χ4n) is 2.87. The van der Waals surface area contributed by atoms with Crippen molar-refractivity contribution >= 4 is 12.1 Å². The van der Waals surface area contributed by atoms with Crippen molar-refractivity contribution in [1.29, 1.82) is 0 Å². The predicted molar refractivity (Wildman–Crippen MR) is 108 cm³/mol. The molecular formula is C23H22N2O2. The summed E-state index contributed by atoms with van der Waals surface area (Å²) < 4.78 is 5.48. The Labute approximate surface area is 159 Å². The van der Waals surface area contributed by atoms with Crippen molar-refractivity contribution in [2.24, 2.45) is 5.10 Å². The fourth-order valence-corrected chi connectivity index (χ4v) is 2.87. The molecule has 0 aliphatic rings. The van der Waals surface area contributed by atoms with Crippen LogP contribution in [0.25, 0.3) is 0 Å². The molecule has 3 aromatic rings. The Kier molecular flexibility index (Phi) is 6.36. The third-order valence-corrected chi connectivity index (χ3v) is 4.09. The van der Waals surface area contributed by atoms with Gasteiger partial charge in [0.05, 0.1) is 18.7 Å². The molecule has 0 fully saturated rings. The van der Waals surface area contributed by atoms with Crippen LogP contribution in [0.3, 0.4) is 0 Å². The van der Waals surface area contributed by atoms with E-state index in [1.807, 2.05) is 91.9 Å². The van der Waals surface area contributed by atoms with Gasteiger partial charge in [0.15, 0.2) is 0 Å². The average Bonchev–Trinajstić information content (AvgIpc) is 2.70. The molecule has 0 unspecified atom stereocenters. The van der Waals surface area contributed by atoms with Gasteiger partial charge in [-0.1, -0.05) is 72.8 Å². The van der Waals surface area contributed by atoms with Crippen LogP contribution in [0.15, 0.2) is 90.0 Å². The molecule has 0 aliphatic heterocycles. The van der Waals surface area contributed by atoms with E-state index >= 15 is 0 Å². The Morgan fingerprint density at radius 1 is 0.963 bits per heavy atom. The van der Waals surface area contributed by atoms with E-state index in [9.17, 15) is 4.79 Å². The topological polar surface area (TPSA) is 50.7 Å². The maximum atomic E-state index is 12.9. The quantitative estimate of drug-likeness (QED) is 0.504. The van der Waals surface area contributed by atoms with Gasteiger partial charge in [0.25, 0.3) is 5.91 Å². The highest BCUT2D eigenvalue weighted by molar-refractivity contribution is 5.88. The molecule has 0 heterocycles. The normalized spacial score (nSPS) is 10.9. The minimum Gasteiger partial charge on any atom is -0.494 e. The van der Waals surface area contributed by atoms with Crippen LogP contribution < -0.4 is 10.2 Å². The number of carbonyl (C=O) groups excluding carboxylic acids is 1. The van der Waals surface area contributed by atoms with Crippen molar-refractivity contribution in [3.05, 3.63) is 102 Å². The number of ether oxygens (including phenoxy) is 1. The lowest BCUT2D eigenvalue weighted by molar-refractivity contribution is -0.121. The van der Waals surface area contributed by atoms with Crippen LogP contribution in [0.1, 0.15) is 29.5 Å². The van der Waals surface area contributed by atoms with Crippen LogP contribution in [-0.4, -0.2) is 18.7 Å². The summed E-state index contributed by atoms with van der Waals surface area (Å²) in [5.41, 5.74) is 5.38. The van der Waals surface area contributed by atoms with E-state index in [0.717, 1.165) is 22.4 Å². The number of nitrogens with zero attached hydrogens (tertiary/aromatic N) is 1. The second-order valence-electron chi connectivity index (χ2n) is 5.99. The van der Waals surface area contributed by atoms with Gasteiger partial charge in [-0.15, -0.1) is 0 Å². The molecule has 1 amide bonds. The summed E-state index contributed by atoms with van der Waals surface area (Å²) in [7, 11) is 0. The van der Waals surface area contributed by atoms with E-state index in [1.54, 1.807) is 6.21 Å². The summed E-state index contributed by atoms with van der Waals surface area (Å²) in [6.07, 6.45) is 1.62. The Bertz CT molecular complexity index is 853. The summed E-state index contributed by atoms with van der Waals surface area (Å²) in [6.45, 7) is 2.54. The predicted octanol–water partition coefficient (Wildman–Crippen LogP) is 4.37. The number of hydrogen-bond acceptors (Lipinski definition) is 3. The van der Waals surface area contributed by atoms with Gasteiger partial charge in [-0.3, -0.25) is 4.79 Å². The summed E-state index contributed by atoms with van der Waals surface area (Å²) in [4.78, 5) is 12.9. The first-order valence-electron chi connectivity index (χ1n) is 8.93. The van der Waals surface area contributed by atoms with E-state index in [0.29, 0.717) is 6.61 Å². The highest BCUT2D eigenvalue weighted by Crippen LogP contribution is 2.24. The number of carbonyl (C=O) groups is 1. The molecule has 3 aromatic carbocycles. The van der Waals surface area contributed by atoms with E-state index in [1.165, 1.54) is 0 Å². The zero-order valence-electron chi connectivity index (χ0n) is 15.2. The molecule has 0 aliphatic carbocycles. The minimum atomic E-state index is -0.417. The van der Waals surface area contributed by atoms with E-state index in [4.69, 9.17) is 4.74 Å². The molecule has 3 rings (SSSR count). The molecule has 0 radical (unpaired) electrons. The van der Waals surface area contributed by atoms with Crippen LogP contribution >= 0.6 is 0 Å². The summed E-state index contributed by atoms with van der Waals surface area (Å²) >= 11 is 0. The van der Waals surface area contributed by atoms with Gasteiger partial charge < -0.3 is 4.74 Å². The number of hydrogen-bond donors (Lipinski definition) is 1. The molecule has 0 saturated heterocycles. The van der Waals surface area contributed by atoms with Crippen molar-refractivity contribution in [2.75, 3.05) is 6.61 Å². The Balaban J connectivity index is 1.76. The molecule has 0 saturated carbocycles. The number of amides is 1. The lowest BCUT2D eigenvalue weighted by Gasteiger charge is -2.16. The van der Waals surface area contributed by atoms with Crippen molar-refractivity contribution < 1.29 is 9.53 Å². The van der Waals surface area contributed by atoms with Crippen LogP contribution in [0.2, 0.25) is 0 Å². The third-order valence-electron chi connectivity index (χ3n) is 4.09. The molecule has 1 N–H and O–H groups in total. The Morgan fingerprint density at radius 3 is 2.19 bits per heavy atom. The standard InChI is InChI=1S/C23H22N2O2/c1-2-27-21-15-9-10-18(16-21)17-24-25-23(26)22(19-11-5-3-6-12-19)20-13-7-4-8-14-20/h3-17,22H,2H2,1H3,(H,25,26)/b24-17-. The number of nitrogens with one attached hydrogen (secondary N) is 1. The zero-order valence-corrected chi connectivity index (χ0v) is 15.2. The van der Waals surface area contributed by atoms with Crippen LogP contribution in [0.5, 0.6) is 5.75 Å². The van der Waals surface area contributed by atoms with Gasteiger partial charge in [-0.25, -0.2) is 5.43 Å². The average molecular weight is 358 g/mol. The van der Waals surface area contributed by atoms with E-state index < -0.39 is 5.92 Å². The minimum absolute atomic E-state index is 0.176. The maximum absolute atomic E-state index is 12.9. The Hall–Kier alpha value is -3.40. The molecule has 0 aromatic heterocycles. The number of rotatable bonds is 7. The van der Waals surface area contributed by atoms with Crippen LogP contribution in [0, 0.1) is 0 Å². The SMILES string of the molecule is CCOc1cccc(/C=N\NC(=O)C(c2ccccc2)c2ccccc2)c1. The molecule has 0 spiro atoms. The zero-order chi connectivity index (χ0) is 18.9. The van der Waals surface area contributed by atoms with Crippen LogP contribution in [0.4, 0.5) is 0 Å². The summed E-state index contributed by atoms with van der Waals surface area (Å²) in [5, 5.41) is 4.13. The molecule has 0 bridgehead atoms. The molecule has 136 valence electrons. The highest BCUT2D eigenvalue weighted by Gasteiger charge is 2.22. The van der Waals surface area contributed by atoms with Crippen LogP contribution in [-0.2, 0) is 4.79 Å². The molecule has 4 heteroatoms. The van der Waals surface area contributed by atoms with Gasteiger partial charge >= 0.3 is 0 Å². The van der Waals surface area contributed by atoms with Crippen molar-refractivity contribution in [2.45, 2.75) is 12.8 Å². The molecule has 27 heavy (non-hydrogen) atoms. The van der Waals surface area contributed by atoms with Crippen molar-refractivity contribution in [3.63, 3.8) is 0 Å². The van der Waals surface area contributed by atoms with Crippen molar-refractivity contribution in [3.8, 4) is 5.75 Å². The smallest absolute Gasteiger partial charge is 0.252 e. The second-order valence-corrected chi connectivity index (χ2v) is 5.99. The van der Waals surface area contributed by atoms with Gasteiger partial charge in [0.1, 0.15) is 5.75 Å². The van der Waals surface area contributed by atoms with Gasteiger partial charge in [-0.2, -0.15) is 5.10 Å². The third kappa shape index (κ3) is 5.05. The first-order valence-corrected chi connectivity index (χ1v) is 8.93. The van der Waals surface area contributed by atoms with Gasteiger partial charge in [0, 0.05) is 0 Å².